The third kappa shape index (κ3) is 4.66. The van der Waals surface area contributed by atoms with Crippen LogP contribution in [-0.4, -0.2) is 67.3 Å². The lowest BCUT2D eigenvalue weighted by Gasteiger charge is -2.33. The van der Waals surface area contributed by atoms with Crippen molar-refractivity contribution in [2.45, 2.75) is 12.0 Å². The molecule has 3 heterocycles. The highest BCUT2D eigenvalue weighted by Crippen LogP contribution is 2.21. The van der Waals surface area contributed by atoms with Crippen LogP contribution in [0.4, 0.5) is 0 Å². The fourth-order valence-electron chi connectivity index (χ4n) is 3.63. The minimum atomic E-state index is -3.99. The van der Waals surface area contributed by atoms with Crippen molar-refractivity contribution in [2.75, 3.05) is 32.8 Å². The van der Waals surface area contributed by atoms with Crippen molar-refractivity contribution in [3.63, 3.8) is 0 Å². The molecule has 10 nitrogen and oxygen atoms in total. The molecule has 1 aliphatic heterocycles. The van der Waals surface area contributed by atoms with Gasteiger partial charge in [-0.2, -0.15) is 4.31 Å². The van der Waals surface area contributed by atoms with E-state index in [1.807, 2.05) is 30.3 Å². The van der Waals surface area contributed by atoms with Crippen LogP contribution < -0.4 is 5.56 Å². The maximum atomic E-state index is 12.9. The molecule has 178 valence electrons. The zero-order valence-electron chi connectivity index (χ0n) is 18.4. The van der Waals surface area contributed by atoms with Crippen molar-refractivity contribution >= 4 is 21.9 Å². The van der Waals surface area contributed by atoms with Gasteiger partial charge >= 0.3 is 5.97 Å². The molecule has 1 aliphatic rings. The first kappa shape index (κ1) is 23.5. The minimum absolute atomic E-state index is 0.0129. The molecule has 0 radical (unpaired) electrons. The predicted molar refractivity (Wildman–Crippen MR) is 122 cm³/mol. The summed E-state index contributed by atoms with van der Waals surface area (Å²) in [5.74, 6) is -1.42. The van der Waals surface area contributed by atoms with Gasteiger partial charge in [0.25, 0.3) is 21.5 Å². The number of carbonyl (C=O) groups excluding carboxylic acids is 2. The molecule has 0 unspecified atom stereocenters. The summed E-state index contributed by atoms with van der Waals surface area (Å²) in [7, 11) is -3.99. The molecule has 11 heteroatoms. The molecule has 1 saturated heterocycles. The first-order valence-electron chi connectivity index (χ1n) is 10.7. The number of aromatic amines is 1. The molecule has 0 bridgehead atoms. The van der Waals surface area contributed by atoms with Gasteiger partial charge in [-0.3, -0.25) is 9.59 Å². The summed E-state index contributed by atoms with van der Waals surface area (Å²) in [5.41, 5.74) is 0.893. The summed E-state index contributed by atoms with van der Waals surface area (Å²) in [6.45, 7) is 2.00. The number of hydrogen-bond donors (Lipinski definition) is 1. The number of hydrogen-bond acceptors (Lipinski definition) is 7. The van der Waals surface area contributed by atoms with Crippen LogP contribution in [0, 0.1) is 0 Å². The van der Waals surface area contributed by atoms with Gasteiger partial charge in [-0.1, -0.05) is 30.3 Å². The number of ether oxygens (including phenoxy) is 1. The Labute approximate surface area is 195 Å². The Balaban J connectivity index is 1.43. The number of piperazine rings is 1. The van der Waals surface area contributed by atoms with Crippen LogP contribution in [0.15, 0.2) is 68.9 Å². The third-order valence-corrected chi connectivity index (χ3v) is 7.18. The van der Waals surface area contributed by atoms with Gasteiger partial charge in [0, 0.05) is 31.9 Å². The molecule has 0 saturated carbocycles. The smallest absolute Gasteiger partial charge is 0.374 e. The molecule has 0 spiro atoms. The van der Waals surface area contributed by atoms with Gasteiger partial charge in [-0.25, -0.2) is 13.2 Å². The van der Waals surface area contributed by atoms with Crippen molar-refractivity contribution in [1.82, 2.24) is 14.2 Å². The largest absolute Gasteiger partial charge is 0.460 e. The van der Waals surface area contributed by atoms with Gasteiger partial charge in [-0.05, 0) is 36.8 Å². The summed E-state index contributed by atoms with van der Waals surface area (Å²) in [6.07, 6.45) is 0. The lowest BCUT2D eigenvalue weighted by atomic mass is 10.1. The molecular formula is C23H23N3O7S. The van der Waals surface area contributed by atoms with E-state index in [1.54, 1.807) is 13.0 Å². The Kier molecular flexibility index (Phi) is 6.66. The Bertz CT molecular complexity index is 1350. The normalized spacial score (nSPS) is 14.7. The van der Waals surface area contributed by atoms with Crippen LogP contribution in [0.25, 0.3) is 11.3 Å². The van der Waals surface area contributed by atoms with Crippen LogP contribution in [0.1, 0.15) is 27.8 Å². The Morgan fingerprint density at radius 3 is 2.35 bits per heavy atom. The molecule has 0 aliphatic carbocycles. The zero-order valence-corrected chi connectivity index (χ0v) is 19.2. The lowest BCUT2D eigenvalue weighted by molar-refractivity contribution is 0.0483. The Morgan fingerprint density at radius 2 is 1.71 bits per heavy atom. The minimum Gasteiger partial charge on any atom is -0.460 e. The van der Waals surface area contributed by atoms with E-state index in [-0.39, 0.29) is 49.2 Å². The van der Waals surface area contributed by atoms with Gasteiger partial charge in [0.2, 0.25) is 10.9 Å². The molecule has 3 aromatic rings. The molecule has 1 amide bonds. The fourth-order valence-corrected chi connectivity index (χ4v) is 4.96. The summed E-state index contributed by atoms with van der Waals surface area (Å²) in [4.78, 5) is 41.4. The quantitative estimate of drug-likeness (QED) is 0.528. The zero-order chi connectivity index (χ0) is 24.3. The number of esters is 1. The lowest BCUT2D eigenvalue weighted by Crippen LogP contribution is -2.51. The van der Waals surface area contributed by atoms with Crippen LogP contribution in [0.2, 0.25) is 0 Å². The van der Waals surface area contributed by atoms with E-state index < -0.39 is 27.5 Å². The molecule has 1 aromatic carbocycles. The SMILES string of the molecule is CCOC(=O)c1ccc(S(=O)(=O)N2CCN(C(=O)c3ccc(-c4ccccc4)[nH]c3=O)CC2)o1. The van der Waals surface area contributed by atoms with E-state index >= 15 is 0 Å². The molecule has 4 rings (SSSR count). The number of rotatable bonds is 6. The second kappa shape index (κ2) is 9.65. The summed E-state index contributed by atoms with van der Waals surface area (Å²) < 4.78 is 36.9. The number of H-pyrrole nitrogens is 1. The maximum Gasteiger partial charge on any atom is 0.374 e. The number of carbonyl (C=O) groups is 2. The summed E-state index contributed by atoms with van der Waals surface area (Å²) >= 11 is 0. The molecule has 0 atom stereocenters. The Hall–Kier alpha value is -3.70. The van der Waals surface area contributed by atoms with Gasteiger partial charge in [-0.15, -0.1) is 0 Å². The van der Waals surface area contributed by atoms with Crippen LogP contribution in [0.5, 0.6) is 0 Å². The number of sulfonamides is 1. The molecule has 34 heavy (non-hydrogen) atoms. The van der Waals surface area contributed by atoms with Crippen molar-refractivity contribution < 1.29 is 27.2 Å². The van der Waals surface area contributed by atoms with Gasteiger partial charge in [0.1, 0.15) is 5.56 Å². The number of furan rings is 1. The second-order valence-electron chi connectivity index (χ2n) is 7.52. The van der Waals surface area contributed by atoms with Crippen LogP contribution >= 0.6 is 0 Å². The molecular weight excluding hydrogens is 462 g/mol. The topological polar surface area (TPSA) is 130 Å². The first-order valence-corrected chi connectivity index (χ1v) is 12.1. The van der Waals surface area contributed by atoms with Crippen LogP contribution in [0.3, 0.4) is 0 Å². The first-order chi connectivity index (χ1) is 16.3. The van der Waals surface area contributed by atoms with E-state index in [1.165, 1.54) is 27.4 Å². The van der Waals surface area contributed by atoms with Crippen molar-refractivity contribution in [2.24, 2.45) is 0 Å². The monoisotopic (exact) mass is 485 g/mol. The molecule has 1 fully saturated rings. The predicted octanol–water partition coefficient (Wildman–Crippen LogP) is 1.96. The average Bonchev–Trinajstić information content (AvgIpc) is 3.36. The van der Waals surface area contributed by atoms with Gasteiger partial charge in [0.15, 0.2) is 0 Å². The van der Waals surface area contributed by atoms with Crippen LogP contribution in [-0.2, 0) is 14.8 Å². The highest BCUT2D eigenvalue weighted by molar-refractivity contribution is 7.89. The van der Waals surface area contributed by atoms with E-state index in [4.69, 9.17) is 9.15 Å². The highest BCUT2D eigenvalue weighted by Gasteiger charge is 2.33. The highest BCUT2D eigenvalue weighted by atomic mass is 32.2. The number of pyridine rings is 1. The number of nitrogens with one attached hydrogen (secondary N) is 1. The molecule has 2 aromatic heterocycles. The molecule has 1 N–H and O–H groups in total. The van der Waals surface area contributed by atoms with Gasteiger partial charge < -0.3 is 19.0 Å². The number of benzene rings is 1. The number of aromatic nitrogens is 1. The average molecular weight is 486 g/mol. The number of amides is 1. The fraction of sp³-hybridized carbons (Fsp3) is 0.261. The van der Waals surface area contributed by atoms with E-state index in [2.05, 4.69) is 4.98 Å². The van der Waals surface area contributed by atoms with E-state index in [0.717, 1.165) is 5.56 Å². The Morgan fingerprint density at radius 1 is 1.00 bits per heavy atom. The second-order valence-corrected chi connectivity index (χ2v) is 9.39. The van der Waals surface area contributed by atoms with Crippen molar-refractivity contribution in [1.29, 1.82) is 0 Å². The van der Waals surface area contributed by atoms with Crippen molar-refractivity contribution in [3.05, 3.63) is 76.3 Å². The summed E-state index contributed by atoms with van der Waals surface area (Å²) in [5, 5.41) is -0.372. The van der Waals surface area contributed by atoms with E-state index in [0.29, 0.717) is 5.69 Å². The third-order valence-electron chi connectivity index (χ3n) is 5.40. The standard InChI is InChI=1S/C23H23N3O7S/c1-2-32-23(29)19-10-11-20(33-19)34(30,31)26-14-12-25(13-15-26)22(28)17-8-9-18(24-21(17)27)16-6-4-3-5-7-16/h3-11H,2,12-15H2,1H3,(H,24,27). The van der Waals surface area contributed by atoms with Gasteiger partial charge in [0.05, 0.1) is 6.61 Å². The number of nitrogens with zero attached hydrogens (tertiary/aromatic N) is 2. The summed E-state index contributed by atoms with van der Waals surface area (Å²) in [6, 6.07) is 14.9. The van der Waals surface area contributed by atoms with Crippen molar-refractivity contribution in [3.8, 4) is 11.3 Å². The maximum absolute atomic E-state index is 12.9. The van der Waals surface area contributed by atoms with E-state index in [9.17, 15) is 22.8 Å².